The molecule has 0 saturated heterocycles. The maximum Gasteiger partial charge on any atom is 1.00 e. The van der Waals surface area contributed by atoms with Crippen LogP contribution < -0.4 is 5.23 Å². The van der Waals surface area contributed by atoms with Crippen molar-refractivity contribution in [2.24, 2.45) is 0 Å². The molecule has 0 aliphatic rings. The largest absolute Gasteiger partial charge is 1.00 e. The van der Waals surface area contributed by atoms with E-state index >= 15 is 0 Å². The molecule has 1 rings (SSSR count). The van der Waals surface area contributed by atoms with Crippen molar-refractivity contribution in [3.05, 3.63) is 24.5 Å². The van der Waals surface area contributed by atoms with Crippen LogP contribution in [0.5, 0.6) is 0 Å². The molecule has 1 heterocycles. The lowest BCUT2D eigenvalue weighted by Gasteiger charge is -2.04. The zero-order valence-corrected chi connectivity index (χ0v) is 4.60. The molecular formula is C5H7N2O2+. The van der Waals surface area contributed by atoms with E-state index in [1.807, 2.05) is 0 Å². The molecule has 2 N–H and O–H groups in total. The molecule has 0 aliphatic carbocycles. The van der Waals surface area contributed by atoms with E-state index < -0.39 is 0 Å². The lowest BCUT2D eigenvalue weighted by atomic mass is 10.4. The Kier molecular flexibility index (Phi) is 1.62. The van der Waals surface area contributed by atoms with E-state index in [1.165, 1.54) is 24.5 Å². The van der Waals surface area contributed by atoms with E-state index in [4.69, 9.17) is 10.4 Å². The van der Waals surface area contributed by atoms with Crippen molar-refractivity contribution in [2.75, 3.05) is 5.23 Å². The molecule has 0 bridgehead atoms. The monoisotopic (exact) mass is 127 g/mol. The van der Waals surface area contributed by atoms with Crippen LogP contribution in [0.25, 0.3) is 0 Å². The van der Waals surface area contributed by atoms with E-state index in [9.17, 15) is 0 Å². The van der Waals surface area contributed by atoms with Crippen molar-refractivity contribution in [3.63, 3.8) is 0 Å². The molecule has 0 aliphatic heterocycles. The zero-order valence-electron chi connectivity index (χ0n) is 5.60. The molecule has 48 valence electrons. The summed E-state index contributed by atoms with van der Waals surface area (Å²) in [7, 11) is 0. The third-order valence-electron chi connectivity index (χ3n) is 0.894. The minimum absolute atomic E-state index is 0. The van der Waals surface area contributed by atoms with E-state index in [1.54, 1.807) is 0 Å². The standard InChI is InChI=1S/C5H6N2O2/c8-7(9)5-1-3-6-4-2-5/h1-4,8-9H/p+1. The topological polar surface area (TPSA) is 56.6 Å². The molecule has 1 aromatic heterocycles. The summed E-state index contributed by atoms with van der Waals surface area (Å²) < 4.78 is 0. The van der Waals surface area contributed by atoms with Gasteiger partial charge in [-0.25, -0.2) is 0 Å². The van der Waals surface area contributed by atoms with Crippen LogP contribution in [0.1, 0.15) is 1.43 Å². The highest BCUT2D eigenvalue weighted by Gasteiger charge is 1.92. The van der Waals surface area contributed by atoms with Gasteiger partial charge in [-0.2, -0.15) is 0 Å². The number of rotatable bonds is 1. The third-order valence-corrected chi connectivity index (χ3v) is 0.894. The lowest BCUT2D eigenvalue weighted by Crippen LogP contribution is -2.10. The minimum Gasteiger partial charge on any atom is -0.265 e. The van der Waals surface area contributed by atoms with Gasteiger partial charge in [0.05, 0.1) is 5.69 Å². The predicted molar refractivity (Wildman–Crippen MR) is 31.4 cm³/mol. The average molecular weight is 127 g/mol. The summed E-state index contributed by atoms with van der Waals surface area (Å²) in [6, 6.07) is 2.94. The predicted octanol–water partition coefficient (Wildman–Crippen LogP) is 0.779. The zero-order chi connectivity index (χ0) is 6.69. The van der Waals surface area contributed by atoms with Gasteiger partial charge in [0.2, 0.25) is 0 Å². The van der Waals surface area contributed by atoms with E-state index in [2.05, 4.69) is 4.98 Å². The van der Waals surface area contributed by atoms with Crippen molar-refractivity contribution in [1.29, 1.82) is 0 Å². The second-order valence-electron chi connectivity index (χ2n) is 1.49. The molecule has 0 saturated carbocycles. The van der Waals surface area contributed by atoms with Gasteiger partial charge in [0.25, 0.3) is 0 Å². The van der Waals surface area contributed by atoms with Crippen molar-refractivity contribution < 1.29 is 11.8 Å². The fraction of sp³-hybridized carbons (Fsp3) is 0. The molecule has 4 heteroatoms. The number of nitrogens with zero attached hydrogens (tertiary/aromatic N) is 2. The smallest absolute Gasteiger partial charge is 0.265 e. The first kappa shape index (κ1) is 6.00. The third kappa shape index (κ3) is 1.38. The Hall–Kier alpha value is -1.13. The number of hydrogen-bond acceptors (Lipinski definition) is 4. The molecule has 4 nitrogen and oxygen atoms in total. The molecule has 0 fully saturated rings. The molecule has 1 aromatic rings. The lowest BCUT2D eigenvalue weighted by molar-refractivity contribution is 0.0291. The summed E-state index contributed by atoms with van der Waals surface area (Å²) in [6.07, 6.45) is 2.93. The van der Waals surface area contributed by atoms with Gasteiger partial charge in [0.15, 0.2) is 0 Å². The number of pyridine rings is 1. The van der Waals surface area contributed by atoms with Gasteiger partial charge >= 0.3 is 1.43 Å². The van der Waals surface area contributed by atoms with Crippen LogP contribution in [0, 0.1) is 0 Å². The molecule has 9 heavy (non-hydrogen) atoms. The van der Waals surface area contributed by atoms with Gasteiger partial charge < -0.3 is 0 Å². The molecule has 0 radical (unpaired) electrons. The quantitative estimate of drug-likeness (QED) is 0.547. The van der Waals surface area contributed by atoms with Crippen molar-refractivity contribution >= 4 is 5.69 Å². The first-order valence-electron chi connectivity index (χ1n) is 2.38. The van der Waals surface area contributed by atoms with Crippen LogP contribution in [-0.2, 0) is 0 Å². The number of aromatic nitrogens is 1. The average Bonchev–Trinajstić information content (AvgIpc) is 1.90. The first-order chi connectivity index (χ1) is 4.30. The molecular weight excluding hydrogens is 120 g/mol. The van der Waals surface area contributed by atoms with Gasteiger partial charge in [-0.1, -0.05) is 0 Å². The van der Waals surface area contributed by atoms with Gasteiger partial charge in [0, 0.05) is 12.4 Å². The maximum absolute atomic E-state index is 8.38. The van der Waals surface area contributed by atoms with Crippen LogP contribution in [-0.4, -0.2) is 15.4 Å². The molecule has 0 amide bonds. The molecule has 0 atom stereocenters. The van der Waals surface area contributed by atoms with Crippen LogP contribution in [0.15, 0.2) is 24.5 Å². The Morgan fingerprint density at radius 3 is 2.22 bits per heavy atom. The molecule has 0 spiro atoms. The van der Waals surface area contributed by atoms with Gasteiger partial charge in [0.1, 0.15) is 0 Å². The fourth-order valence-electron chi connectivity index (χ4n) is 0.477. The minimum atomic E-state index is 0. The Bertz CT molecular complexity index is 180. The van der Waals surface area contributed by atoms with Crippen molar-refractivity contribution in [3.8, 4) is 0 Å². The first-order valence-corrected chi connectivity index (χ1v) is 2.38. The van der Waals surface area contributed by atoms with Crippen molar-refractivity contribution in [1.82, 2.24) is 4.98 Å². The van der Waals surface area contributed by atoms with Gasteiger partial charge in [-0.05, 0) is 12.1 Å². The summed E-state index contributed by atoms with van der Waals surface area (Å²) in [5.74, 6) is 0. The highest BCUT2D eigenvalue weighted by atomic mass is 16.8. The summed E-state index contributed by atoms with van der Waals surface area (Å²) in [5.41, 5.74) is 0.296. The Labute approximate surface area is 53.4 Å². The Morgan fingerprint density at radius 2 is 1.89 bits per heavy atom. The summed E-state index contributed by atoms with van der Waals surface area (Å²) >= 11 is 0. The van der Waals surface area contributed by atoms with Gasteiger partial charge in [-0.15, -0.1) is 5.23 Å². The van der Waals surface area contributed by atoms with Gasteiger partial charge in [-0.3, -0.25) is 15.4 Å². The second-order valence-corrected chi connectivity index (χ2v) is 1.49. The van der Waals surface area contributed by atoms with Crippen LogP contribution in [0.3, 0.4) is 0 Å². The highest BCUT2D eigenvalue weighted by Crippen LogP contribution is 2.05. The summed E-state index contributed by atoms with van der Waals surface area (Å²) in [6.45, 7) is 0. The van der Waals surface area contributed by atoms with E-state index in [0.29, 0.717) is 5.69 Å². The summed E-state index contributed by atoms with van der Waals surface area (Å²) in [5, 5.41) is 16.8. The van der Waals surface area contributed by atoms with Crippen LogP contribution in [0.2, 0.25) is 0 Å². The Morgan fingerprint density at radius 1 is 1.33 bits per heavy atom. The second kappa shape index (κ2) is 2.43. The van der Waals surface area contributed by atoms with Crippen LogP contribution >= 0.6 is 0 Å². The number of anilines is 1. The van der Waals surface area contributed by atoms with Crippen molar-refractivity contribution in [2.45, 2.75) is 0 Å². The summed E-state index contributed by atoms with van der Waals surface area (Å²) in [4.78, 5) is 3.68. The maximum atomic E-state index is 8.38. The SMILES string of the molecule is ON(O)c1ccncc1.[H+]. The Balaban J connectivity index is 0.000000810. The molecule has 0 aromatic carbocycles. The van der Waals surface area contributed by atoms with Crippen LogP contribution in [0.4, 0.5) is 5.69 Å². The fourth-order valence-corrected chi connectivity index (χ4v) is 0.477. The highest BCUT2D eigenvalue weighted by molar-refractivity contribution is 5.37. The normalized spacial score (nSPS) is 9.11. The van der Waals surface area contributed by atoms with E-state index in [0.717, 1.165) is 0 Å². The van der Waals surface area contributed by atoms with E-state index in [-0.39, 0.29) is 6.65 Å². The molecule has 0 unspecified atom stereocenters. The number of hydrogen-bond donors (Lipinski definition) is 2.